The second kappa shape index (κ2) is 10.5. The first-order chi connectivity index (χ1) is 17.8. The van der Waals surface area contributed by atoms with Gasteiger partial charge in [-0.25, -0.2) is 23.1 Å². The number of benzene rings is 2. The molecule has 2 aromatic carbocycles. The summed E-state index contributed by atoms with van der Waals surface area (Å²) >= 11 is 0. The fraction of sp³-hybridized carbons (Fsp3) is 0.414. The van der Waals surface area contributed by atoms with Gasteiger partial charge in [-0.3, -0.25) is 4.79 Å². The first-order valence-electron chi connectivity index (χ1n) is 12.9. The maximum atomic E-state index is 15.6. The Morgan fingerprint density at radius 3 is 2.35 bits per heavy atom. The van der Waals surface area contributed by atoms with Crippen LogP contribution in [0.15, 0.2) is 54.9 Å². The molecule has 2 aliphatic rings. The number of aryl methyl sites for hydroxylation is 2. The molecule has 194 valence electrons. The molecule has 2 saturated heterocycles. The van der Waals surface area contributed by atoms with Crippen LogP contribution in [-0.2, 0) is 30.1 Å². The van der Waals surface area contributed by atoms with Gasteiger partial charge in [0.2, 0.25) is 5.91 Å². The van der Waals surface area contributed by atoms with E-state index in [4.69, 9.17) is 0 Å². The van der Waals surface area contributed by atoms with Crippen molar-refractivity contribution in [2.75, 3.05) is 18.0 Å². The number of amides is 1. The first-order valence-corrected chi connectivity index (χ1v) is 12.9. The van der Waals surface area contributed by atoms with Crippen LogP contribution in [-0.4, -0.2) is 33.9 Å². The monoisotopic (exact) mass is 508 g/mol. The maximum Gasteiger partial charge on any atom is 0.270 e. The van der Waals surface area contributed by atoms with E-state index < -0.39 is 11.7 Å². The van der Waals surface area contributed by atoms with Crippen LogP contribution < -0.4 is 4.90 Å². The van der Waals surface area contributed by atoms with Gasteiger partial charge in [-0.2, -0.15) is 0 Å². The van der Waals surface area contributed by atoms with Crippen molar-refractivity contribution in [3.05, 3.63) is 88.6 Å². The van der Waals surface area contributed by atoms with Crippen LogP contribution in [0.1, 0.15) is 66.6 Å². The smallest absolute Gasteiger partial charge is 0.270 e. The van der Waals surface area contributed by atoms with Gasteiger partial charge in [0, 0.05) is 38.5 Å². The minimum atomic E-state index is -2.89. The van der Waals surface area contributed by atoms with Gasteiger partial charge in [0.1, 0.15) is 6.33 Å². The number of anilines is 1. The molecule has 2 fully saturated rings. The third-order valence-corrected chi connectivity index (χ3v) is 7.39. The quantitative estimate of drug-likeness (QED) is 0.376. The largest absolute Gasteiger partial charge is 0.347 e. The molecule has 0 spiro atoms. The average Bonchev–Trinajstić information content (AvgIpc) is 3.53. The van der Waals surface area contributed by atoms with Gasteiger partial charge < -0.3 is 9.80 Å². The van der Waals surface area contributed by atoms with E-state index in [-0.39, 0.29) is 23.3 Å². The number of hydrogen-bond acceptors (Lipinski definition) is 4. The topological polar surface area (TPSA) is 49.3 Å². The molecular weight excluding hydrogens is 477 g/mol. The van der Waals surface area contributed by atoms with Crippen molar-refractivity contribution in [1.29, 1.82) is 0 Å². The van der Waals surface area contributed by atoms with Gasteiger partial charge in [0.25, 0.3) is 5.92 Å². The van der Waals surface area contributed by atoms with Gasteiger partial charge in [-0.05, 0) is 48.8 Å². The summed E-state index contributed by atoms with van der Waals surface area (Å²) < 4.78 is 42.8. The zero-order valence-electron chi connectivity index (χ0n) is 21.0. The molecule has 1 atom stereocenters. The van der Waals surface area contributed by atoms with E-state index in [0.717, 1.165) is 49.4 Å². The van der Waals surface area contributed by atoms with Crippen molar-refractivity contribution >= 4 is 11.7 Å². The van der Waals surface area contributed by atoms with E-state index in [9.17, 15) is 13.6 Å². The number of hydrogen-bond donors (Lipinski definition) is 0. The van der Waals surface area contributed by atoms with Gasteiger partial charge in [0.15, 0.2) is 11.6 Å². The summed E-state index contributed by atoms with van der Waals surface area (Å²) in [6, 6.07) is 14.3. The molecule has 8 heteroatoms. The molecule has 0 N–H and O–H groups in total. The minimum Gasteiger partial charge on any atom is -0.347 e. The molecule has 37 heavy (non-hydrogen) atoms. The minimum absolute atomic E-state index is 0.0335. The van der Waals surface area contributed by atoms with Crippen molar-refractivity contribution in [2.24, 2.45) is 0 Å². The third-order valence-electron chi connectivity index (χ3n) is 7.39. The van der Waals surface area contributed by atoms with Crippen LogP contribution in [0.5, 0.6) is 0 Å². The second-order valence-corrected chi connectivity index (χ2v) is 10.1. The summed E-state index contributed by atoms with van der Waals surface area (Å²) in [4.78, 5) is 24.1. The van der Waals surface area contributed by atoms with Crippen molar-refractivity contribution in [3.63, 3.8) is 0 Å². The Bertz CT molecular complexity index is 1240. The molecule has 0 radical (unpaired) electrons. The highest BCUT2D eigenvalue weighted by molar-refractivity contribution is 5.78. The number of rotatable bonds is 8. The highest BCUT2D eigenvalue weighted by Crippen LogP contribution is 2.37. The summed E-state index contributed by atoms with van der Waals surface area (Å²) in [5, 5.41) is 0. The summed E-state index contributed by atoms with van der Waals surface area (Å²) in [5.41, 5.74) is 3.37. The van der Waals surface area contributed by atoms with Gasteiger partial charge in [0.05, 0.1) is 11.7 Å². The van der Waals surface area contributed by atoms with Gasteiger partial charge in [-0.1, -0.05) is 48.5 Å². The molecule has 1 aromatic heterocycles. The molecule has 0 aliphatic carbocycles. The Morgan fingerprint density at radius 1 is 0.946 bits per heavy atom. The number of likely N-dealkylation sites (tertiary alicyclic amines) is 1. The molecule has 2 aliphatic heterocycles. The van der Waals surface area contributed by atoms with E-state index in [0.29, 0.717) is 38.0 Å². The first kappa shape index (κ1) is 25.2. The Balaban J connectivity index is 1.26. The van der Waals surface area contributed by atoms with Crippen LogP contribution in [0, 0.1) is 5.82 Å². The number of halogens is 3. The number of nitrogens with zero attached hydrogens (tertiary/aromatic N) is 4. The van der Waals surface area contributed by atoms with Crippen LogP contribution in [0.2, 0.25) is 0 Å². The fourth-order valence-corrected chi connectivity index (χ4v) is 5.30. The van der Waals surface area contributed by atoms with Crippen LogP contribution in [0.25, 0.3) is 0 Å². The lowest BCUT2D eigenvalue weighted by Gasteiger charge is -2.27. The summed E-state index contributed by atoms with van der Waals surface area (Å²) in [5.74, 6) is -2.84. The van der Waals surface area contributed by atoms with Crippen LogP contribution >= 0.6 is 0 Å². The zero-order valence-corrected chi connectivity index (χ0v) is 21.0. The van der Waals surface area contributed by atoms with E-state index >= 15 is 4.39 Å². The summed E-state index contributed by atoms with van der Waals surface area (Å²) in [6.07, 6.45) is 5.69. The standard InChI is InChI=1S/C29H31F3N4O/c1-29(31,32)23-13-11-22(12-14-23)25-4-2-17-36(25)28-27(30)24(33-19-34-28)15-10-20-6-8-21(9-7-20)18-35-16-3-5-26(35)37/h6-9,11-14,19,25H,2-5,10,15-18H2,1H3. The van der Waals surface area contributed by atoms with Crippen molar-refractivity contribution in [2.45, 2.75) is 64.0 Å². The van der Waals surface area contributed by atoms with E-state index in [1.165, 1.54) is 18.5 Å². The number of carbonyl (C=O) groups excluding carboxylic acids is 1. The van der Waals surface area contributed by atoms with Gasteiger partial charge >= 0.3 is 0 Å². The fourth-order valence-electron chi connectivity index (χ4n) is 5.30. The van der Waals surface area contributed by atoms with Crippen molar-refractivity contribution < 1.29 is 18.0 Å². The molecule has 3 heterocycles. The molecule has 3 aromatic rings. The molecule has 0 bridgehead atoms. The lowest BCUT2D eigenvalue weighted by Crippen LogP contribution is -2.25. The van der Waals surface area contributed by atoms with E-state index in [1.54, 1.807) is 12.1 Å². The van der Waals surface area contributed by atoms with E-state index in [1.807, 2.05) is 34.1 Å². The summed E-state index contributed by atoms with van der Waals surface area (Å²) in [7, 11) is 0. The normalized spacial score (nSPS) is 18.2. The Morgan fingerprint density at radius 2 is 1.68 bits per heavy atom. The van der Waals surface area contributed by atoms with Crippen LogP contribution in [0.3, 0.4) is 0 Å². The Kier molecular flexibility index (Phi) is 7.17. The average molecular weight is 509 g/mol. The lowest BCUT2D eigenvalue weighted by molar-refractivity contribution is -0.128. The molecule has 1 unspecified atom stereocenters. The molecule has 5 nitrogen and oxygen atoms in total. The highest BCUT2D eigenvalue weighted by atomic mass is 19.3. The van der Waals surface area contributed by atoms with Crippen molar-refractivity contribution in [3.8, 4) is 0 Å². The van der Waals surface area contributed by atoms with Crippen LogP contribution in [0.4, 0.5) is 19.0 Å². The van der Waals surface area contributed by atoms with E-state index in [2.05, 4.69) is 9.97 Å². The summed E-state index contributed by atoms with van der Waals surface area (Å²) in [6.45, 7) is 2.97. The zero-order chi connectivity index (χ0) is 26.0. The molecule has 5 rings (SSSR count). The number of carbonyl (C=O) groups is 1. The molecular formula is C29H31F3N4O. The maximum absolute atomic E-state index is 15.6. The third kappa shape index (κ3) is 5.63. The number of aromatic nitrogens is 2. The Labute approximate surface area is 215 Å². The SMILES string of the molecule is CC(F)(F)c1ccc(C2CCCN2c2ncnc(CCc3ccc(CN4CCCC4=O)cc3)c2F)cc1. The molecule has 1 amide bonds. The Hall–Kier alpha value is -3.42. The number of alkyl halides is 2. The van der Waals surface area contributed by atoms with Crippen molar-refractivity contribution in [1.82, 2.24) is 14.9 Å². The highest BCUT2D eigenvalue weighted by Gasteiger charge is 2.31. The predicted molar refractivity (Wildman–Crippen MR) is 136 cm³/mol. The van der Waals surface area contributed by atoms with Gasteiger partial charge in [-0.15, -0.1) is 0 Å². The predicted octanol–water partition coefficient (Wildman–Crippen LogP) is 5.98. The molecule has 0 saturated carbocycles. The lowest BCUT2D eigenvalue weighted by atomic mass is 10.0. The second-order valence-electron chi connectivity index (χ2n) is 10.1.